The van der Waals surface area contributed by atoms with Crippen LogP contribution in [0.1, 0.15) is 167 Å². The minimum Gasteiger partial charge on any atom is -0.481 e. The number of carbonyl (C=O) groups excluding carboxylic acids is 8. The van der Waals surface area contributed by atoms with Crippen LogP contribution in [0.3, 0.4) is 0 Å². The second-order valence-corrected chi connectivity index (χ2v) is 19.3. The number of nitrogens with one attached hydrogen (secondary N) is 6. The molecule has 0 heterocycles. The Morgan fingerprint density at radius 3 is 1.82 bits per heavy atom. The van der Waals surface area contributed by atoms with Crippen LogP contribution in [0, 0.1) is 23.7 Å². The van der Waals surface area contributed by atoms with Gasteiger partial charge in [0.25, 0.3) is 0 Å². The lowest BCUT2D eigenvalue weighted by atomic mass is 9.81. The standard InChI is InChI=1S/C49H83N7O14S/c1-32(16-24-44(62)63)54-49(70)56-39(48(68)69)22-23-42(60)53-30-33-17-19-34(20-18-33)47(67)52-27-10-5-6-12-37(57)28-35(21-25-45(64)65)41(59)29-36(31-71)40(58)14-7-3-4-8-15-43(61)55-38(46(50)66)13-9-11-26-51-2/h32-36,38-39,51,71H,3-31H2,1-2H3,(H2,50,66)(H,52,67)(H,53,60)(H,55,61)(H,62,63)(H,64,65)(H,68,69)(H2,54,56,70). The van der Waals surface area contributed by atoms with Gasteiger partial charge >= 0.3 is 23.9 Å². The number of amides is 6. The van der Waals surface area contributed by atoms with E-state index in [-0.39, 0.29) is 123 Å². The van der Waals surface area contributed by atoms with E-state index in [4.69, 9.17) is 10.8 Å². The minimum absolute atomic E-state index is 0.0173. The van der Waals surface area contributed by atoms with Crippen LogP contribution in [-0.4, -0.2) is 131 Å². The normalized spacial score (nSPS) is 16.5. The van der Waals surface area contributed by atoms with Gasteiger partial charge in [-0.2, -0.15) is 12.6 Å². The van der Waals surface area contributed by atoms with Crippen LogP contribution in [-0.2, 0) is 47.9 Å². The average molecular weight is 1030 g/mol. The van der Waals surface area contributed by atoms with Crippen LogP contribution in [0.4, 0.5) is 4.79 Å². The predicted octanol–water partition coefficient (Wildman–Crippen LogP) is 3.59. The van der Waals surface area contributed by atoms with E-state index in [0.717, 1.165) is 19.4 Å². The monoisotopic (exact) mass is 1030 g/mol. The van der Waals surface area contributed by atoms with E-state index in [1.54, 1.807) is 6.92 Å². The van der Waals surface area contributed by atoms with Gasteiger partial charge in [-0.3, -0.25) is 43.2 Å². The number of hydrogen-bond donors (Lipinski definition) is 11. The summed E-state index contributed by atoms with van der Waals surface area (Å²) in [6.45, 7) is 3.20. The Morgan fingerprint density at radius 2 is 1.20 bits per heavy atom. The molecule has 21 nitrogen and oxygen atoms in total. The number of thiol groups is 1. The van der Waals surface area contributed by atoms with E-state index in [1.807, 2.05) is 7.05 Å². The number of ketones is 3. The third-order valence-electron chi connectivity index (χ3n) is 12.9. The van der Waals surface area contributed by atoms with E-state index >= 15 is 0 Å². The van der Waals surface area contributed by atoms with Gasteiger partial charge in [0, 0.05) is 94.0 Å². The molecule has 0 aromatic heterocycles. The molecule has 1 rings (SSSR count). The number of aliphatic carboxylic acids is 3. The molecule has 0 radical (unpaired) electrons. The number of hydrogen-bond acceptors (Lipinski definition) is 13. The van der Waals surface area contributed by atoms with Gasteiger partial charge in [0.05, 0.1) is 0 Å². The van der Waals surface area contributed by atoms with E-state index in [1.165, 1.54) is 0 Å². The lowest BCUT2D eigenvalue weighted by molar-refractivity contribution is -0.140. The molecular formula is C49H83N7O14S. The summed E-state index contributed by atoms with van der Waals surface area (Å²) in [5.74, 6) is -6.70. The molecule has 0 saturated heterocycles. The topological polar surface area (TPSA) is 347 Å². The molecule has 6 amide bonds. The number of rotatable bonds is 42. The number of urea groups is 1. The number of primary amides is 1. The summed E-state index contributed by atoms with van der Waals surface area (Å²) < 4.78 is 0. The van der Waals surface area contributed by atoms with Crippen molar-refractivity contribution in [2.24, 2.45) is 29.4 Å². The molecule has 0 aliphatic heterocycles. The van der Waals surface area contributed by atoms with Gasteiger partial charge in [-0.1, -0.05) is 19.3 Å². The van der Waals surface area contributed by atoms with Crippen molar-refractivity contribution in [1.29, 1.82) is 0 Å². The summed E-state index contributed by atoms with van der Waals surface area (Å²) in [6.07, 6.45) is 8.90. The molecule has 0 aromatic carbocycles. The molecule has 404 valence electrons. The Kier molecular flexibility index (Phi) is 33.9. The molecule has 1 saturated carbocycles. The summed E-state index contributed by atoms with van der Waals surface area (Å²) in [6, 6.07) is -3.29. The number of nitrogens with two attached hydrogens (primary N) is 1. The van der Waals surface area contributed by atoms with Crippen molar-refractivity contribution in [3.8, 4) is 0 Å². The fourth-order valence-electron chi connectivity index (χ4n) is 8.41. The third kappa shape index (κ3) is 31.1. The average Bonchev–Trinajstić information content (AvgIpc) is 3.32. The minimum atomic E-state index is -1.32. The highest BCUT2D eigenvalue weighted by molar-refractivity contribution is 7.80. The Morgan fingerprint density at radius 1 is 0.577 bits per heavy atom. The van der Waals surface area contributed by atoms with E-state index in [9.17, 15) is 63.0 Å². The maximum absolute atomic E-state index is 13.4. The maximum Gasteiger partial charge on any atom is 0.326 e. The molecule has 0 aromatic rings. The highest BCUT2D eigenvalue weighted by Crippen LogP contribution is 2.29. The lowest BCUT2D eigenvalue weighted by Gasteiger charge is -2.28. The molecule has 1 aliphatic rings. The van der Waals surface area contributed by atoms with Crippen molar-refractivity contribution >= 4 is 77.5 Å². The first-order chi connectivity index (χ1) is 33.7. The zero-order valence-corrected chi connectivity index (χ0v) is 42.8. The number of carbonyl (C=O) groups is 11. The van der Waals surface area contributed by atoms with Crippen LogP contribution >= 0.6 is 12.6 Å². The Labute approximate surface area is 423 Å². The van der Waals surface area contributed by atoms with E-state index in [0.29, 0.717) is 90.1 Å². The number of unbranched alkanes of at least 4 members (excludes halogenated alkanes) is 6. The number of Topliss-reactive ketones (excluding diaryl/α,β-unsaturated/α-hetero) is 3. The molecule has 71 heavy (non-hydrogen) atoms. The van der Waals surface area contributed by atoms with Crippen LogP contribution in [0.5, 0.6) is 0 Å². The molecule has 5 atom stereocenters. The summed E-state index contributed by atoms with van der Waals surface area (Å²) >= 11 is 4.31. The fourth-order valence-corrected chi connectivity index (χ4v) is 8.74. The summed E-state index contributed by atoms with van der Waals surface area (Å²) in [5, 5.41) is 43.9. The van der Waals surface area contributed by atoms with E-state index < -0.39 is 59.8 Å². The van der Waals surface area contributed by atoms with Crippen molar-refractivity contribution < 1.29 is 68.1 Å². The van der Waals surface area contributed by atoms with Crippen LogP contribution in [0.15, 0.2) is 0 Å². The molecular weight excluding hydrogens is 943 g/mol. The first-order valence-electron chi connectivity index (χ1n) is 25.4. The SMILES string of the molecule is CNCCCCC(NC(=O)CCCCCCC(=O)C(CS)CC(=O)C(CCC(=O)O)CC(=O)CCCCCNC(=O)C1CCC(CNC(=O)CCC(NC(=O)NC(C)CCC(=O)O)C(=O)O)CC1)C(N)=O. The molecule has 0 bridgehead atoms. The van der Waals surface area contributed by atoms with Crippen LogP contribution in [0.25, 0.3) is 0 Å². The zero-order valence-electron chi connectivity index (χ0n) is 41.9. The quantitative estimate of drug-likeness (QED) is 0.0308. The zero-order chi connectivity index (χ0) is 53.1. The molecule has 1 aliphatic carbocycles. The van der Waals surface area contributed by atoms with Gasteiger partial charge in [0.1, 0.15) is 29.4 Å². The fraction of sp³-hybridized carbons (Fsp3) is 0.776. The molecule has 22 heteroatoms. The predicted molar refractivity (Wildman–Crippen MR) is 267 cm³/mol. The van der Waals surface area contributed by atoms with Crippen LogP contribution < -0.4 is 37.6 Å². The Balaban J connectivity index is 2.37. The summed E-state index contributed by atoms with van der Waals surface area (Å²) in [5.41, 5.74) is 5.45. The van der Waals surface area contributed by atoms with Gasteiger partial charge in [-0.25, -0.2) is 9.59 Å². The Bertz CT molecular complexity index is 1730. The lowest BCUT2D eigenvalue weighted by Crippen LogP contribution is -2.48. The van der Waals surface area contributed by atoms with Gasteiger partial charge in [0.15, 0.2) is 0 Å². The van der Waals surface area contributed by atoms with Crippen molar-refractivity contribution in [2.75, 3.05) is 32.4 Å². The largest absolute Gasteiger partial charge is 0.481 e. The summed E-state index contributed by atoms with van der Waals surface area (Å²) in [4.78, 5) is 135. The molecule has 0 spiro atoms. The molecule has 11 N–H and O–H groups in total. The van der Waals surface area contributed by atoms with Crippen molar-refractivity contribution in [3.63, 3.8) is 0 Å². The van der Waals surface area contributed by atoms with Gasteiger partial charge < -0.3 is 53.0 Å². The van der Waals surface area contributed by atoms with Gasteiger partial charge in [-0.15, -0.1) is 0 Å². The first-order valence-corrected chi connectivity index (χ1v) is 26.1. The Hall–Kier alpha value is -5.12. The smallest absolute Gasteiger partial charge is 0.326 e. The summed E-state index contributed by atoms with van der Waals surface area (Å²) in [7, 11) is 1.84. The highest BCUT2D eigenvalue weighted by atomic mass is 32.1. The second kappa shape index (κ2) is 37.6. The first kappa shape index (κ1) is 63.9. The molecule has 5 unspecified atom stereocenters. The third-order valence-corrected chi connectivity index (χ3v) is 13.3. The number of carboxylic acid groups (broad SMARTS) is 3. The van der Waals surface area contributed by atoms with Crippen molar-refractivity contribution in [2.45, 2.75) is 186 Å². The second-order valence-electron chi connectivity index (χ2n) is 18.9. The van der Waals surface area contributed by atoms with Gasteiger partial charge in [-0.05, 0) is 116 Å². The number of carboxylic acids is 3. The van der Waals surface area contributed by atoms with Gasteiger partial charge in [0.2, 0.25) is 23.6 Å². The van der Waals surface area contributed by atoms with Crippen LogP contribution in [0.2, 0.25) is 0 Å². The van der Waals surface area contributed by atoms with E-state index in [2.05, 4.69) is 44.5 Å². The molecule has 1 fully saturated rings. The van der Waals surface area contributed by atoms with Crippen molar-refractivity contribution in [3.05, 3.63) is 0 Å². The maximum atomic E-state index is 13.4. The highest BCUT2D eigenvalue weighted by Gasteiger charge is 2.29. The van der Waals surface area contributed by atoms with Crippen molar-refractivity contribution in [1.82, 2.24) is 31.9 Å².